The second-order valence-electron chi connectivity index (χ2n) is 5.97. The minimum atomic E-state index is -0.523. The minimum absolute atomic E-state index is 0.00692. The molecule has 0 aromatic carbocycles. The third kappa shape index (κ3) is 2.51. The number of nitrogens with two attached hydrogens (primary N) is 1. The molecule has 1 unspecified atom stereocenters. The molecule has 9 nitrogen and oxygen atoms in total. The van der Waals surface area contributed by atoms with Gasteiger partial charge in [0.05, 0.1) is 12.4 Å². The maximum atomic E-state index is 13.6. The van der Waals surface area contributed by atoms with Gasteiger partial charge in [0.2, 0.25) is 5.91 Å². The maximum Gasteiger partial charge on any atom is 0.327 e. The summed E-state index contributed by atoms with van der Waals surface area (Å²) in [6.45, 7) is 1.70. The number of nitrogens with zero attached hydrogens (tertiary/aromatic N) is 5. The monoisotopic (exact) mass is 355 g/mol. The molecule has 0 saturated carbocycles. The molecule has 26 heavy (non-hydrogen) atoms. The predicted octanol–water partition coefficient (Wildman–Crippen LogP) is 1.01. The van der Waals surface area contributed by atoms with Crippen LogP contribution in [-0.2, 0) is 4.79 Å². The van der Waals surface area contributed by atoms with E-state index in [-0.39, 0.29) is 12.2 Å². The van der Waals surface area contributed by atoms with Crippen LogP contribution in [0.1, 0.15) is 19.4 Å². The van der Waals surface area contributed by atoms with E-state index in [0.29, 0.717) is 22.5 Å². The number of rotatable bonds is 4. The molecule has 4 aromatic rings. The predicted molar refractivity (Wildman–Crippen MR) is 90.8 cm³/mol. The van der Waals surface area contributed by atoms with Gasteiger partial charge in [0.25, 0.3) is 0 Å². The summed E-state index contributed by atoms with van der Waals surface area (Å²) in [5.74, 6) is -0.675. The molecule has 1 amide bonds. The molecule has 0 saturated heterocycles. The summed E-state index contributed by atoms with van der Waals surface area (Å²) >= 11 is 0. The molecule has 4 rings (SSSR count). The molecule has 0 aliphatic carbocycles. The van der Waals surface area contributed by atoms with Crippen LogP contribution < -0.4 is 11.4 Å². The third-order valence-electron chi connectivity index (χ3n) is 4.09. The molecular weight excluding hydrogens is 341 g/mol. The Labute approximate surface area is 145 Å². The summed E-state index contributed by atoms with van der Waals surface area (Å²) in [6.07, 6.45) is 4.27. The fourth-order valence-electron chi connectivity index (χ4n) is 2.95. The molecule has 0 bridgehead atoms. The zero-order chi connectivity index (χ0) is 18.4. The first-order valence-electron chi connectivity index (χ1n) is 7.82. The maximum absolute atomic E-state index is 13.6. The van der Waals surface area contributed by atoms with Crippen molar-refractivity contribution in [1.29, 1.82) is 0 Å². The van der Waals surface area contributed by atoms with E-state index in [1.807, 2.05) is 0 Å². The summed E-state index contributed by atoms with van der Waals surface area (Å²) < 4.78 is 16.5. The van der Waals surface area contributed by atoms with Crippen molar-refractivity contribution in [2.75, 3.05) is 0 Å². The van der Waals surface area contributed by atoms with Crippen molar-refractivity contribution in [1.82, 2.24) is 28.9 Å². The first-order valence-corrected chi connectivity index (χ1v) is 7.82. The number of nitrogens with one attached hydrogen (secondary N) is 1. The molecule has 0 radical (unpaired) electrons. The average Bonchev–Trinajstić information content (AvgIpc) is 3.12. The highest BCUT2D eigenvalue weighted by Crippen LogP contribution is 2.21. The first-order chi connectivity index (χ1) is 12.4. The van der Waals surface area contributed by atoms with Crippen molar-refractivity contribution in [2.45, 2.75) is 19.4 Å². The number of aromatic nitrogens is 6. The number of pyridine rings is 1. The van der Waals surface area contributed by atoms with Crippen LogP contribution >= 0.6 is 0 Å². The van der Waals surface area contributed by atoms with Gasteiger partial charge in [0.1, 0.15) is 22.7 Å². The normalized spacial score (nSPS) is 12.7. The second kappa shape index (κ2) is 5.76. The van der Waals surface area contributed by atoms with Crippen LogP contribution in [0.3, 0.4) is 0 Å². The van der Waals surface area contributed by atoms with E-state index < -0.39 is 23.5 Å². The van der Waals surface area contributed by atoms with Gasteiger partial charge in [0.15, 0.2) is 11.5 Å². The number of fused-ring (bicyclic) bond motifs is 2. The number of halogens is 1. The average molecular weight is 355 g/mol. The van der Waals surface area contributed by atoms with Gasteiger partial charge in [-0.05, 0) is 19.1 Å². The van der Waals surface area contributed by atoms with E-state index in [9.17, 15) is 14.0 Å². The Kier molecular flexibility index (Phi) is 3.53. The van der Waals surface area contributed by atoms with Crippen LogP contribution in [0.25, 0.3) is 28.3 Å². The van der Waals surface area contributed by atoms with Crippen LogP contribution in [0, 0.1) is 5.82 Å². The summed E-state index contributed by atoms with van der Waals surface area (Å²) in [5, 5.41) is 0. The summed E-state index contributed by atoms with van der Waals surface area (Å²) in [6, 6.07) is 2.38. The number of H-pyrrole nitrogens is 1. The third-order valence-corrected chi connectivity index (χ3v) is 4.09. The zero-order valence-electron chi connectivity index (χ0n) is 13.7. The molecule has 0 spiro atoms. The van der Waals surface area contributed by atoms with E-state index in [1.54, 1.807) is 13.0 Å². The number of hydrogen-bond donors (Lipinski definition) is 2. The van der Waals surface area contributed by atoms with Crippen molar-refractivity contribution >= 4 is 22.7 Å². The fraction of sp³-hybridized carbons (Fsp3) is 0.188. The molecule has 4 heterocycles. The molecule has 0 aliphatic heterocycles. The van der Waals surface area contributed by atoms with E-state index in [2.05, 4.69) is 19.9 Å². The van der Waals surface area contributed by atoms with Gasteiger partial charge in [-0.3, -0.25) is 13.8 Å². The molecule has 0 aliphatic rings. The highest BCUT2D eigenvalue weighted by atomic mass is 19.1. The first kappa shape index (κ1) is 15.9. The number of amides is 1. The molecule has 4 aromatic heterocycles. The number of hydrogen-bond acceptors (Lipinski definition) is 5. The molecule has 3 N–H and O–H groups in total. The smallest absolute Gasteiger partial charge is 0.327 e. The minimum Gasteiger partial charge on any atom is -0.370 e. The van der Waals surface area contributed by atoms with Crippen molar-refractivity contribution in [3.8, 4) is 11.5 Å². The number of aromatic amines is 1. The summed E-state index contributed by atoms with van der Waals surface area (Å²) in [4.78, 5) is 38.9. The molecule has 0 fully saturated rings. The van der Waals surface area contributed by atoms with Crippen LogP contribution in [-0.4, -0.2) is 34.8 Å². The van der Waals surface area contributed by atoms with Crippen molar-refractivity contribution in [2.24, 2.45) is 5.73 Å². The van der Waals surface area contributed by atoms with Gasteiger partial charge in [-0.1, -0.05) is 0 Å². The number of primary amides is 1. The van der Waals surface area contributed by atoms with Gasteiger partial charge in [-0.2, -0.15) is 0 Å². The Balaban J connectivity index is 1.90. The van der Waals surface area contributed by atoms with Gasteiger partial charge in [-0.25, -0.2) is 24.1 Å². The quantitative estimate of drug-likeness (QED) is 0.565. The number of carbonyl (C=O) groups is 1. The molecular formula is C16H14FN7O2. The largest absolute Gasteiger partial charge is 0.370 e. The van der Waals surface area contributed by atoms with Gasteiger partial charge in [-0.15, -0.1) is 0 Å². The highest BCUT2D eigenvalue weighted by molar-refractivity contribution is 5.75. The molecule has 132 valence electrons. The van der Waals surface area contributed by atoms with Crippen LogP contribution in [0.5, 0.6) is 0 Å². The number of imidazole rings is 2. The second-order valence-corrected chi connectivity index (χ2v) is 5.97. The van der Waals surface area contributed by atoms with Crippen molar-refractivity contribution in [3.63, 3.8) is 0 Å². The van der Waals surface area contributed by atoms with E-state index in [4.69, 9.17) is 5.73 Å². The zero-order valence-corrected chi connectivity index (χ0v) is 13.7. The summed E-state index contributed by atoms with van der Waals surface area (Å²) in [5.41, 5.74) is 6.60. The van der Waals surface area contributed by atoms with E-state index in [0.717, 1.165) is 0 Å². The van der Waals surface area contributed by atoms with E-state index >= 15 is 0 Å². The lowest BCUT2D eigenvalue weighted by molar-refractivity contribution is -0.118. The fourth-order valence-corrected chi connectivity index (χ4v) is 2.95. The van der Waals surface area contributed by atoms with E-state index in [1.165, 1.54) is 33.6 Å². The van der Waals surface area contributed by atoms with Crippen LogP contribution in [0.2, 0.25) is 0 Å². The Morgan fingerprint density at radius 3 is 2.92 bits per heavy atom. The van der Waals surface area contributed by atoms with Gasteiger partial charge < -0.3 is 10.7 Å². The lowest BCUT2D eigenvalue weighted by Gasteiger charge is -2.10. The topological polar surface area (TPSA) is 124 Å². The lowest BCUT2D eigenvalue weighted by atomic mass is 10.2. The van der Waals surface area contributed by atoms with Gasteiger partial charge in [0, 0.05) is 18.7 Å². The summed E-state index contributed by atoms with van der Waals surface area (Å²) in [7, 11) is 0. The van der Waals surface area contributed by atoms with Crippen molar-refractivity contribution < 1.29 is 9.18 Å². The Morgan fingerprint density at radius 2 is 2.15 bits per heavy atom. The Hall–Kier alpha value is -3.56. The van der Waals surface area contributed by atoms with Crippen LogP contribution in [0.4, 0.5) is 4.39 Å². The standard InChI is InChI=1S/C16H14FN7O2/c1-8(4-12(18)25)24-15-10(21-16(24)26)5-20-14(22-15)11-6-19-13-3-2-9(17)7-23(11)13/h2-3,5-8H,4H2,1H3,(H2,18,25)(H,21,26). The Morgan fingerprint density at radius 1 is 1.35 bits per heavy atom. The number of carbonyl (C=O) groups excluding carboxylic acids is 1. The lowest BCUT2D eigenvalue weighted by Crippen LogP contribution is -2.25. The SMILES string of the molecule is CC(CC(N)=O)n1c(=O)[nH]c2cnc(-c3cnc4ccc(F)cn34)nc21. The highest BCUT2D eigenvalue weighted by Gasteiger charge is 2.18. The molecule has 10 heteroatoms. The van der Waals surface area contributed by atoms with Crippen molar-refractivity contribution in [3.05, 3.63) is 47.0 Å². The Bertz CT molecular complexity index is 1210. The van der Waals surface area contributed by atoms with Gasteiger partial charge >= 0.3 is 5.69 Å². The molecule has 1 atom stereocenters. The van der Waals surface area contributed by atoms with Crippen LogP contribution in [0.15, 0.2) is 35.5 Å².